The van der Waals surface area contributed by atoms with E-state index in [0.717, 1.165) is 48.2 Å². The molecule has 0 unspecified atom stereocenters. The lowest BCUT2D eigenvalue weighted by Crippen LogP contribution is -2.55. The number of hydrogen-bond donors (Lipinski definition) is 1. The van der Waals surface area contributed by atoms with Crippen LogP contribution >= 0.6 is 23.2 Å². The van der Waals surface area contributed by atoms with Crippen molar-refractivity contribution in [3.05, 3.63) is 94.0 Å². The van der Waals surface area contributed by atoms with Gasteiger partial charge in [0, 0.05) is 25.1 Å². The summed E-state index contributed by atoms with van der Waals surface area (Å²) in [4.78, 5) is 29.7. The first kappa shape index (κ1) is 32.6. The van der Waals surface area contributed by atoms with Gasteiger partial charge in [-0.05, 0) is 48.2 Å². The summed E-state index contributed by atoms with van der Waals surface area (Å²) < 4.78 is 32.3. The van der Waals surface area contributed by atoms with Gasteiger partial charge in [0.15, 0.2) is 0 Å². The Morgan fingerprint density at radius 1 is 0.930 bits per heavy atom. The quantitative estimate of drug-likeness (QED) is 0.266. The van der Waals surface area contributed by atoms with Crippen LogP contribution in [0.15, 0.2) is 72.8 Å². The molecule has 1 atom stereocenters. The van der Waals surface area contributed by atoms with Gasteiger partial charge in [-0.1, -0.05) is 84.9 Å². The number of carbonyl (C=O) groups excluding carboxylic acids is 2. The van der Waals surface area contributed by atoms with E-state index in [0.29, 0.717) is 21.4 Å². The number of carbonyl (C=O) groups is 2. The number of halogens is 2. The first-order valence-electron chi connectivity index (χ1n) is 14.2. The van der Waals surface area contributed by atoms with Gasteiger partial charge in [0.1, 0.15) is 18.3 Å². The Morgan fingerprint density at radius 2 is 1.65 bits per heavy atom. The van der Waals surface area contributed by atoms with Gasteiger partial charge in [-0.25, -0.2) is 8.42 Å². The standard InChI is InChI=1S/C32H37Cl2N3O5S/c1-42-27-15-9-14-26(20-27)37(43(2,40)41)22-31(38)36(21-24-16-17-28(33)29(34)18-24)30(19-23-10-5-3-6-11-23)32(39)35-25-12-7-4-8-13-25/h3,5-6,9-11,14-18,20,25,30H,4,7-8,12-13,19,21-22H2,1-2H3,(H,35,39)/t30-/m0/s1. The number of anilines is 1. The van der Waals surface area contributed by atoms with Crippen LogP contribution in [0, 0.1) is 0 Å². The second-order valence-corrected chi connectivity index (χ2v) is 13.5. The van der Waals surface area contributed by atoms with Crippen molar-refractivity contribution in [2.45, 2.75) is 57.2 Å². The van der Waals surface area contributed by atoms with Gasteiger partial charge < -0.3 is 15.0 Å². The molecule has 2 amide bonds. The molecule has 0 radical (unpaired) electrons. The maximum atomic E-state index is 14.3. The van der Waals surface area contributed by atoms with Gasteiger partial charge in [0.25, 0.3) is 0 Å². The summed E-state index contributed by atoms with van der Waals surface area (Å²) in [6, 6.07) is 20.1. The van der Waals surface area contributed by atoms with Crippen molar-refractivity contribution < 1.29 is 22.7 Å². The Labute approximate surface area is 264 Å². The summed E-state index contributed by atoms with van der Waals surface area (Å²) in [5, 5.41) is 3.86. The van der Waals surface area contributed by atoms with E-state index in [1.54, 1.807) is 42.5 Å². The van der Waals surface area contributed by atoms with E-state index >= 15 is 0 Å². The zero-order valence-corrected chi connectivity index (χ0v) is 26.7. The third-order valence-corrected chi connectivity index (χ3v) is 9.46. The molecule has 0 spiro atoms. The number of rotatable bonds is 12. The largest absolute Gasteiger partial charge is 0.497 e. The highest BCUT2D eigenvalue weighted by molar-refractivity contribution is 7.92. The van der Waals surface area contributed by atoms with Crippen molar-refractivity contribution in [1.29, 1.82) is 0 Å². The fraction of sp³-hybridized carbons (Fsp3) is 0.375. The lowest BCUT2D eigenvalue weighted by Gasteiger charge is -2.35. The average molecular weight is 647 g/mol. The van der Waals surface area contributed by atoms with Gasteiger partial charge in [-0.2, -0.15) is 0 Å². The van der Waals surface area contributed by atoms with Crippen molar-refractivity contribution in [3.8, 4) is 5.75 Å². The number of ether oxygens (including phenoxy) is 1. The Hall–Kier alpha value is -3.27. The molecule has 0 heterocycles. The van der Waals surface area contributed by atoms with Crippen molar-refractivity contribution >= 4 is 50.7 Å². The summed E-state index contributed by atoms with van der Waals surface area (Å²) >= 11 is 12.5. The number of hydrogen-bond acceptors (Lipinski definition) is 5. The molecule has 1 fully saturated rings. The normalized spacial score (nSPS) is 14.5. The van der Waals surface area contributed by atoms with Gasteiger partial charge in [0.05, 0.1) is 29.1 Å². The first-order valence-corrected chi connectivity index (χ1v) is 16.8. The maximum Gasteiger partial charge on any atom is 0.244 e. The van der Waals surface area contributed by atoms with E-state index in [2.05, 4.69) is 5.32 Å². The van der Waals surface area contributed by atoms with Crippen LogP contribution in [-0.4, -0.2) is 57.1 Å². The highest BCUT2D eigenvalue weighted by atomic mass is 35.5. The second kappa shape index (κ2) is 14.9. The molecule has 0 saturated heterocycles. The molecule has 8 nitrogen and oxygen atoms in total. The molecule has 1 aliphatic carbocycles. The summed E-state index contributed by atoms with van der Waals surface area (Å²) in [7, 11) is -2.41. The minimum atomic E-state index is -3.89. The van der Waals surface area contributed by atoms with Crippen molar-refractivity contribution in [1.82, 2.24) is 10.2 Å². The lowest BCUT2D eigenvalue weighted by atomic mass is 9.94. The van der Waals surface area contributed by atoms with E-state index in [4.69, 9.17) is 27.9 Å². The Balaban J connectivity index is 1.74. The molecule has 43 heavy (non-hydrogen) atoms. The predicted molar refractivity (Wildman–Crippen MR) is 171 cm³/mol. The molecule has 1 aliphatic rings. The average Bonchev–Trinajstić information content (AvgIpc) is 2.99. The summed E-state index contributed by atoms with van der Waals surface area (Å²) in [5.41, 5.74) is 1.79. The van der Waals surface area contributed by atoms with Crippen LogP contribution in [0.3, 0.4) is 0 Å². The molecule has 1 saturated carbocycles. The Morgan fingerprint density at radius 3 is 2.30 bits per heavy atom. The van der Waals surface area contributed by atoms with Gasteiger partial charge in [0.2, 0.25) is 21.8 Å². The van der Waals surface area contributed by atoms with Gasteiger partial charge in [-0.3, -0.25) is 13.9 Å². The summed E-state index contributed by atoms with van der Waals surface area (Å²) in [6.07, 6.45) is 6.23. The monoisotopic (exact) mass is 645 g/mol. The fourth-order valence-corrected chi connectivity index (χ4v) is 6.47. The van der Waals surface area contributed by atoms with Crippen LogP contribution in [0.5, 0.6) is 5.75 Å². The van der Waals surface area contributed by atoms with E-state index in [-0.39, 0.29) is 30.6 Å². The molecule has 3 aromatic carbocycles. The molecule has 4 rings (SSSR count). The third-order valence-electron chi connectivity index (χ3n) is 7.58. The van der Waals surface area contributed by atoms with Crippen LogP contribution in [0.1, 0.15) is 43.2 Å². The number of nitrogens with zero attached hydrogens (tertiary/aromatic N) is 2. The molecular weight excluding hydrogens is 609 g/mol. The molecular formula is C32H37Cl2N3O5S. The zero-order chi connectivity index (χ0) is 31.0. The number of nitrogens with one attached hydrogen (secondary N) is 1. The molecule has 230 valence electrons. The van der Waals surface area contributed by atoms with E-state index < -0.39 is 28.5 Å². The number of methoxy groups -OCH3 is 1. The Bertz CT molecular complexity index is 1510. The van der Waals surface area contributed by atoms with E-state index in [9.17, 15) is 18.0 Å². The van der Waals surface area contributed by atoms with Crippen molar-refractivity contribution in [2.24, 2.45) is 0 Å². The number of amides is 2. The molecule has 11 heteroatoms. The van der Waals surface area contributed by atoms with Crippen molar-refractivity contribution in [2.75, 3.05) is 24.2 Å². The summed E-state index contributed by atoms with van der Waals surface area (Å²) in [5.74, 6) is -0.379. The van der Waals surface area contributed by atoms with E-state index in [1.165, 1.54) is 12.0 Å². The second-order valence-electron chi connectivity index (χ2n) is 10.8. The third kappa shape index (κ3) is 9.11. The first-order chi connectivity index (χ1) is 20.5. The van der Waals surface area contributed by atoms with E-state index in [1.807, 2.05) is 30.3 Å². The molecule has 0 aromatic heterocycles. The maximum absolute atomic E-state index is 14.3. The van der Waals surface area contributed by atoms with Crippen LogP contribution in [0.2, 0.25) is 10.0 Å². The lowest BCUT2D eigenvalue weighted by molar-refractivity contribution is -0.140. The predicted octanol–water partition coefficient (Wildman–Crippen LogP) is 5.86. The topological polar surface area (TPSA) is 96.0 Å². The SMILES string of the molecule is COc1cccc(N(CC(=O)N(Cc2ccc(Cl)c(Cl)c2)[C@@H](Cc2ccccc2)C(=O)NC2CCCCC2)S(C)(=O)=O)c1. The van der Waals surface area contributed by atoms with Crippen LogP contribution in [0.25, 0.3) is 0 Å². The minimum absolute atomic E-state index is 0.0149. The molecule has 3 aromatic rings. The molecule has 0 bridgehead atoms. The molecule has 1 N–H and O–H groups in total. The highest BCUT2D eigenvalue weighted by Gasteiger charge is 2.34. The minimum Gasteiger partial charge on any atom is -0.497 e. The number of sulfonamides is 1. The molecule has 0 aliphatic heterocycles. The van der Waals surface area contributed by atoms with Gasteiger partial charge in [-0.15, -0.1) is 0 Å². The highest BCUT2D eigenvalue weighted by Crippen LogP contribution is 2.27. The zero-order valence-electron chi connectivity index (χ0n) is 24.3. The van der Waals surface area contributed by atoms with Crippen molar-refractivity contribution in [3.63, 3.8) is 0 Å². The fourth-order valence-electron chi connectivity index (χ4n) is 5.31. The van der Waals surface area contributed by atoms with Crippen LogP contribution < -0.4 is 14.4 Å². The smallest absolute Gasteiger partial charge is 0.244 e. The number of benzene rings is 3. The van der Waals surface area contributed by atoms with Crippen LogP contribution in [0.4, 0.5) is 5.69 Å². The Kier molecular flexibility index (Phi) is 11.3. The van der Waals surface area contributed by atoms with Gasteiger partial charge >= 0.3 is 0 Å². The van der Waals surface area contributed by atoms with Crippen LogP contribution in [-0.2, 0) is 32.6 Å². The summed E-state index contributed by atoms with van der Waals surface area (Å²) in [6.45, 7) is -0.504.